The van der Waals surface area contributed by atoms with Crippen LogP contribution in [-0.4, -0.2) is 90.7 Å². The molecule has 2 aromatic rings. The summed E-state index contributed by atoms with van der Waals surface area (Å²) in [6.07, 6.45) is -0.631. The summed E-state index contributed by atoms with van der Waals surface area (Å²) >= 11 is 0. The van der Waals surface area contributed by atoms with Gasteiger partial charge in [0.15, 0.2) is 23.7 Å². The molecule has 7 rings (SSSR count). The van der Waals surface area contributed by atoms with E-state index >= 15 is 0 Å². The van der Waals surface area contributed by atoms with Crippen LogP contribution in [0, 0.1) is 0 Å². The molecule has 6 atom stereocenters. The van der Waals surface area contributed by atoms with Crippen molar-refractivity contribution < 1.29 is 52.7 Å². The first-order valence-corrected chi connectivity index (χ1v) is 16.5. The number of carbonyl (C=O) groups is 4. The third-order valence-electron chi connectivity index (χ3n) is 10.4. The summed E-state index contributed by atoms with van der Waals surface area (Å²) in [6.45, 7) is 3.76. The van der Waals surface area contributed by atoms with E-state index in [0.717, 1.165) is 11.1 Å². The Morgan fingerprint density at radius 2 is 1.92 bits per heavy atom. The maximum Gasteiger partial charge on any atom is 0.357 e. The molecule has 260 valence electrons. The van der Waals surface area contributed by atoms with Gasteiger partial charge in [-0.1, -0.05) is 36.4 Å². The van der Waals surface area contributed by atoms with Gasteiger partial charge in [0.1, 0.15) is 5.76 Å². The fraction of sp³-hybridized carbons (Fsp3) is 0.500. The number of hydrogen-bond acceptors (Lipinski definition) is 12. The lowest BCUT2D eigenvalue weighted by molar-refractivity contribution is -0.176. The second-order valence-electron chi connectivity index (χ2n) is 13.7. The van der Waals surface area contributed by atoms with Crippen molar-refractivity contribution >= 4 is 23.8 Å². The fourth-order valence-electron chi connectivity index (χ4n) is 8.22. The van der Waals surface area contributed by atoms with Crippen molar-refractivity contribution in [2.75, 3.05) is 27.2 Å². The van der Waals surface area contributed by atoms with Crippen LogP contribution >= 0.6 is 0 Å². The first-order chi connectivity index (χ1) is 23.4. The van der Waals surface area contributed by atoms with E-state index in [1.807, 2.05) is 19.2 Å². The zero-order chi connectivity index (χ0) is 34.7. The van der Waals surface area contributed by atoms with Crippen LogP contribution in [0.15, 0.2) is 54.3 Å². The minimum atomic E-state index is -1.42. The molecule has 0 aromatic heterocycles. The Hall–Kier alpha value is -4.46. The van der Waals surface area contributed by atoms with Gasteiger partial charge in [-0.15, -0.1) is 0 Å². The molecule has 2 aromatic carbocycles. The summed E-state index contributed by atoms with van der Waals surface area (Å²) in [6, 6.07) is 12.2. The van der Waals surface area contributed by atoms with Gasteiger partial charge in [-0.25, -0.2) is 9.59 Å². The molecule has 13 heteroatoms. The molecule has 1 spiro atoms. The number of aliphatic hydroxyl groups is 1. The summed E-state index contributed by atoms with van der Waals surface area (Å²) < 4.78 is 34.5. The number of hydrogen-bond donors (Lipinski definition) is 2. The van der Waals surface area contributed by atoms with E-state index in [4.69, 9.17) is 28.4 Å². The standard InChI is InChI=1S/C36H40N2O11/c1-34(2)48-24(32(41)49-34)19-26(39)37-16-13-27(40)46-29(20-8-6-5-7-9-20)33(42)45-23-12-14-36(43)25-18-21-10-11-22(44-4)30-28(21)35(36,31(23)47-30)15-17-38(25)3/h5-12,24-25,29,31,43H,13-19H2,1-4H3,(H,37,39)/t24?,25-,29?,31+,35+,36-/m1/s1. The zero-order valence-corrected chi connectivity index (χ0v) is 27.9. The highest BCUT2D eigenvalue weighted by Crippen LogP contribution is 2.65. The molecule has 5 aliphatic rings. The van der Waals surface area contributed by atoms with Crippen molar-refractivity contribution in [3.63, 3.8) is 0 Å². The average Bonchev–Trinajstić information content (AvgIpc) is 3.55. The zero-order valence-electron chi connectivity index (χ0n) is 27.9. The van der Waals surface area contributed by atoms with E-state index in [9.17, 15) is 24.3 Å². The Morgan fingerprint density at radius 3 is 2.63 bits per heavy atom. The SMILES string of the molecule is COc1ccc2c3c1O[C@H]1C(OC(=O)C(OC(=O)CCNC(=O)CC4OC(C)(C)OC4=O)c4ccccc4)=CC[C@@]4(O)[C@@H](C2)N(C)CC[C@]314. The third kappa shape index (κ3) is 5.44. The van der Waals surface area contributed by atoms with E-state index in [-0.39, 0.29) is 37.6 Å². The number of nitrogens with one attached hydrogen (secondary N) is 1. The lowest BCUT2D eigenvalue weighted by atomic mass is 9.50. The van der Waals surface area contributed by atoms with Crippen molar-refractivity contribution in [1.82, 2.24) is 10.2 Å². The summed E-state index contributed by atoms with van der Waals surface area (Å²) in [5.41, 5.74) is 0.306. The van der Waals surface area contributed by atoms with Gasteiger partial charge in [0.2, 0.25) is 17.8 Å². The molecule has 2 bridgehead atoms. The average molecular weight is 677 g/mol. The normalized spacial score (nSPS) is 29.4. The molecule has 3 aliphatic heterocycles. The van der Waals surface area contributed by atoms with Gasteiger partial charge >= 0.3 is 17.9 Å². The second-order valence-corrected chi connectivity index (χ2v) is 13.7. The van der Waals surface area contributed by atoms with Gasteiger partial charge in [0, 0.05) is 44.0 Å². The first-order valence-electron chi connectivity index (χ1n) is 16.5. The molecule has 2 N–H and O–H groups in total. The second kappa shape index (κ2) is 12.1. The summed E-state index contributed by atoms with van der Waals surface area (Å²) in [7, 11) is 3.58. The maximum atomic E-state index is 13.9. The van der Waals surface area contributed by atoms with E-state index in [1.165, 1.54) is 0 Å². The molecule has 2 fully saturated rings. The topological polar surface area (TPSA) is 159 Å². The van der Waals surface area contributed by atoms with Gasteiger partial charge < -0.3 is 43.7 Å². The van der Waals surface area contributed by atoms with Crippen LogP contribution in [0.1, 0.15) is 62.3 Å². The van der Waals surface area contributed by atoms with Gasteiger partial charge in [-0.05, 0) is 44.1 Å². The number of methoxy groups -OCH3 is 1. The molecule has 3 heterocycles. The lowest BCUT2D eigenvalue weighted by Gasteiger charge is -2.61. The molecule has 0 saturated carbocycles. The smallest absolute Gasteiger partial charge is 0.357 e. The number of nitrogens with zero attached hydrogens (tertiary/aromatic N) is 1. The Morgan fingerprint density at radius 1 is 1.14 bits per heavy atom. The first kappa shape index (κ1) is 33.1. The van der Waals surface area contributed by atoms with Crippen LogP contribution in [0.4, 0.5) is 0 Å². The molecule has 0 radical (unpaired) electrons. The van der Waals surface area contributed by atoms with Crippen molar-refractivity contribution in [3.8, 4) is 11.5 Å². The summed E-state index contributed by atoms with van der Waals surface area (Å²) in [5.74, 6) is -2.51. The number of ether oxygens (including phenoxy) is 6. The number of benzene rings is 2. The molecular weight excluding hydrogens is 636 g/mol. The van der Waals surface area contributed by atoms with Crippen molar-refractivity contribution in [1.29, 1.82) is 0 Å². The molecule has 2 aliphatic carbocycles. The number of rotatable bonds is 10. The molecular formula is C36H40N2O11. The van der Waals surface area contributed by atoms with Crippen LogP contribution in [0.25, 0.3) is 0 Å². The highest BCUT2D eigenvalue weighted by molar-refractivity contribution is 5.86. The van der Waals surface area contributed by atoms with Gasteiger partial charge in [0.05, 0.1) is 31.0 Å². The maximum absolute atomic E-state index is 13.9. The highest BCUT2D eigenvalue weighted by atomic mass is 16.8. The van der Waals surface area contributed by atoms with Crippen molar-refractivity contribution in [2.24, 2.45) is 0 Å². The number of cyclic esters (lactones) is 1. The van der Waals surface area contributed by atoms with E-state index in [1.54, 1.807) is 57.4 Å². The number of esters is 3. The van der Waals surface area contributed by atoms with Crippen LogP contribution in [-0.2, 0) is 50.0 Å². The monoisotopic (exact) mass is 676 g/mol. The molecule has 49 heavy (non-hydrogen) atoms. The van der Waals surface area contributed by atoms with Crippen LogP contribution in [0.3, 0.4) is 0 Å². The largest absolute Gasteiger partial charge is 0.493 e. The predicted octanol–water partition coefficient (Wildman–Crippen LogP) is 2.38. The van der Waals surface area contributed by atoms with E-state index in [2.05, 4.69) is 10.2 Å². The van der Waals surface area contributed by atoms with Gasteiger partial charge in [-0.3, -0.25) is 9.59 Å². The Kier molecular flexibility index (Phi) is 8.19. The summed E-state index contributed by atoms with van der Waals surface area (Å²) in [5, 5.41) is 15.0. The van der Waals surface area contributed by atoms with Crippen molar-refractivity contribution in [2.45, 2.75) is 87.1 Å². The number of amides is 1. The third-order valence-corrected chi connectivity index (χ3v) is 10.4. The highest BCUT2D eigenvalue weighted by Gasteiger charge is 2.72. The minimum absolute atomic E-state index is 0.0976. The van der Waals surface area contributed by atoms with Crippen LogP contribution in [0.5, 0.6) is 11.5 Å². The number of likely N-dealkylation sites (tertiary alicyclic amines) is 1. The van der Waals surface area contributed by atoms with Crippen LogP contribution < -0.4 is 14.8 Å². The van der Waals surface area contributed by atoms with Gasteiger partial charge in [0.25, 0.3) is 0 Å². The number of likely N-dealkylation sites (N-methyl/N-ethyl adjacent to an activating group) is 1. The number of piperidine rings is 1. The Labute approximate surface area is 283 Å². The van der Waals surface area contributed by atoms with Crippen LogP contribution in [0.2, 0.25) is 0 Å². The van der Waals surface area contributed by atoms with Crippen molar-refractivity contribution in [3.05, 3.63) is 71.0 Å². The van der Waals surface area contributed by atoms with E-state index in [0.29, 0.717) is 36.4 Å². The molecule has 2 saturated heterocycles. The molecule has 2 unspecified atom stereocenters. The fourth-order valence-corrected chi connectivity index (χ4v) is 8.22. The van der Waals surface area contributed by atoms with E-state index < -0.39 is 58.9 Å². The number of carbonyl (C=O) groups excluding carboxylic acids is 4. The molecule has 13 nitrogen and oxygen atoms in total. The van der Waals surface area contributed by atoms with Gasteiger partial charge in [-0.2, -0.15) is 0 Å². The quantitative estimate of drug-likeness (QED) is 0.280. The lowest BCUT2D eigenvalue weighted by Crippen LogP contribution is -2.74. The Balaban J connectivity index is 1.07. The summed E-state index contributed by atoms with van der Waals surface area (Å²) in [4.78, 5) is 53.5. The minimum Gasteiger partial charge on any atom is -0.493 e. The molecule has 1 amide bonds. The Bertz CT molecular complexity index is 1720. The predicted molar refractivity (Wildman–Crippen MR) is 170 cm³/mol.